The third-order valence-corrected chi connectivity index (χ3v) is 5.98. The lowest BCUT2D eigenvalue weighted by molar-refractivity contribution is -0.121. The van der Waals surface area contributed by atoms with Crippen molar-refractivity contribution in [3.8, 4) is 5.75 Å². The number of para-hydroxylation sites is 2. The predicted octanol–water partition coefficient (Wildman–Crippen LogP) is 3.96. The summed E-state index contributed by atoms with van der Waals surface area (Å²) in [4.78, 5) is 34.4. The van der Waals surface area contributed by atoms with Gasteiger partial charge in [0.2, 0.25) is 11.8 Å². The second-order valence-corrected chi connectivity index (χ2v) is 8.23. The van der Waals surface area contributed by atoms with Crippen molar-refractivity contribution < 1.29 is 14.3 Å². The Kier molecular flexibility index (Phi) is 5.85. The number of benzene rings is 2. The van der Waals surface area contributed by atoms with Gasteiger partial charge in [-0.05, 0) is 42.8 Å². The molecule has 7 heteroatoms. The lowest BCUT2D eigenvalue weighted by atomic mass is 10.3. The number of imide groups is 1. The van der Waals surface area contributed by atoms with Crippen LogP contribution in [0.25, 0.3) is 11.0 Å². The molecule has 1 aliphatic heterocycles. The molecule has 29 heavy (non-hydrogen) atoms. The molecule has 2 heterocycles. The van der Waals surface area contributed by atoms with Crippen molar-refractivity contribution in [1.29, 1.82) is 0 Å². The number of fused-ring (bicyclic) bond motifs is 1. The van der Waals surface area contributed by atoms with E-state index in [4.69, 9.17) is 4.74 Å². The van der Waals surface area contributed by atoms with Crippen molar-refractivity contribution in [3.05, 3.63) is 54.4 Å². The predicted molar refractivity (Wildman–Crippen MR) is 115 cm³/mol. The van der Waals surface area contributed by atoms with E-state index in [1.165, 1.54) is 16.7 Å². The normalized spacial score (nSPS) is 16.7. The molecule has 1 atom stereocenters. The number of H-pyrrole nitrogens is 1. The lowest BCUT2D eigenvalue weighted by Gasteiger charge is -2.15. The fraction of sp³-hybridized carbons (Fsp3) is 0.318. The monoisotopic (exact) mass is 409 g/mol. The highest BCUT2D eigenvalue weighted by atomic mass is 32.2. The number of anilines is 1. The number of aromatic amines is 1. The molecule has 1 fully saturated rings. The number of nitrogens with zero attached hydrogens (tertiary/aromatic N) is 2. The molecule has 0 radical (unpaired) electrons. The minimum Gasteiger partial charge on any atom is -0.494 e. The zero-order valence-electron chi connectivity index (χ0n) is 16.3. The van der Waals surface area contributed by atoms with Crippen LogP contribution in [0.4, 0.5) is 5.69 Å². The van der Waals surface area contributed by atoms with Gasteiger partial charge in [-0.15, -0.1) is 11.8 Å². The zero-order chi connectivity index (χ0) is 20.2. The molecule has 4 rings (SSSR count). The number of carbonyl (C=O) groups is 2. The van der Waals surface area contributed by atoms with E-state index in [-0.39, 0.29) is 23.5 Å². The van der Waals surface area contributed by atoms with Gasteiger partial charge in [0.1, 0.15) is 11.6 Å². The van der Waals surface area contributed by atoms with E-state index in [1.807, 2.05) is 31.2 Å². The average Bonchev–Trinajstić information content (AvgIpc) is 3.27. The van der Waals surface area contributed by atoms with E-state index in [9.17, 15) is 9.59 Å². The molecule has 150 valence electrons. The van der Waals surface area contributed by atoms with Gasteiger partial charge in [0.25, 0.3) is 0 Å². The molecular weight excluding hydrogens is 386 g/mol. The average molecular weight is 410 g/mol. The van der Waals surface area contributed by atoms with Crippen molar-refractivity contribution in [2.24, 2.45) is 0 Å². The first-order chi connectivity index (χ1) is 14.2. The molecule has 0 aliphatic carbocycles. The molecule has 0 saturated carbocycles. The van der Waals surface area contributed by atoms with Crippen LogP contribution in [0.2, 0.25) is 0 Å². The van der Waals surface area contributed by atoms with Crippen LogP contribution < -0.4 is 9.64 Å². The van der Waals surface area contributed by atoms with Crippen LogP contribution >= 0.6 is 11.8 Å². The summed E-state index contributed by atoms with van der Waals surface area (Å²) in [6.07, 6.45) is 1.89. The van der Waals surface area contributed by atoms with E-state index in [0.29, 0.717) is 12.3 Å². The number of hydrogen-bond acceptors (Lipinski definition) is 5. The summed E-state index contributed by atoms with van der Waals surface area (Å²) in [7, 11) is 0. The number of aryl methyl sites for hydroxylation is 1. The Bertz CT molecular complexity index is 983. The van der Waals surface area contributed by atoms with Crippen LogP contribution in [0.5, 0.6) is 5.75 Å². The van der Waals surface area contributed by atoms with Gasteiger partial charge in [0.05, 0.1) is 28.6 Å². The molecule has 2 aromatic carbocycles. The minimum atomic E-state index is -0.345. The third-order valence-electron chi connectivity index (χ3n) is 4.77. The van der Waals surface area contributed by atoms with Crippen molar-refractivity contribution in [3.63, 3.8) is 0 Å². The number of nitrogens with one attached hydrogen (secondary N) is 1. The van der Waals surface area contributed by atoms with Gasteiger partial charge in [-0.25, -0.2) is 9.88 Å². The molecule has 1 aromatic heterocycles. The van der Waals surface area contributed by atoms with Gasteiger partial charge in [0, 0.05) is 18.6 Å². The van der Waals surface area contributed by atoms with Gasteiger partial charge >= 0.3 is 0 Å². The van der Waals surface area contributed by atoms with Crippen molar-refractivity contribution >= 4 is 40.3 Å². The second-order valence-electron chi connectivity index (χ2n) is 6.92. The molecule has 1 saturated heterocycles. The molecule has 0 spiro atoms. The number of imidazole rings is 1. The zero-order valence-corrected chi connectivity index (χ0v) is 17.1. The van der Waals surface area contributed by atoms with Gasteiger partial charge in [0.15, 0.2) is 0 Å². The third kappa shape index (κ3) is 4.29. The van der Waals surface area contributed by atoms with Crippen LogP contribution in [-0.2, 0) is 16.0 Å². The van der Waals surface area contributed by atoms with E-state index in [0.717, 1.165) is 41.2 Å². The quantitative estimate of drug-likeness (QED) is 0.570. The molecule has 0 unspecified atom stereocenters. The number of aromatic nitrogens is 2. The van der Waals surface area contributed by atoms with Crippen LogP contribution in [0.3, 0.4) is 0 Å². The van der Waals surface area contributed by atoms with E-state index >= 15 is 0 Å². The Morgan fingerprint density at radius 3 is 2.72 bits per heavy atom. The van der Waals surface area contributed by atoms with Gasteiger partial charge < -0.3 is 9.72 Å². The first-order valence-corrected chi connectivity index (χ1v) is 10.9. The Morgan fingerprint density at radius 2 is 1.97 bits per heavy atom. The molecule has 1 aliphatic rings. The van der Waals surface area contributed by atoms with Crippen LogP contribution in [0.15, 0.2) is 48.5 Å². The van der Waals surface area contributed by atoms with Crippen LogP contribution in [0.1, 0.15) is 25.6 Å². The summed E-state index contributed by atoms with van der Waals surface area (Å²) in [5.74, 6) is 2.06. The SMILES string of the molecule is CCCOc1ccc(N2C(=O)C[C@@H](SCCc3nc4ccccc4[nH]3)C2=O)cc1. The maximum absolute atomic E-state index is 12.8. The number of rotatable bonds is 8. The Labute approximate surface area is 173 Å². The number of ether oxygens (including phenoxy) is 1. The topological polar surface area (TPSA) is 75.3 Å². The molecule has 6 nitrogen and oxygen atoms in total. The maximum atomic E-state index is 12.8. The summed E-state index contributed by atoms with van der Waals surface area (Å²) in [5.41, 5.74) is 2.55. The van der Waals surface area contributed by atoms with Crippen molar-refractivity contribution in [1.82, 2.24) is 9.97 Å². The van der Waals surface area contributed by atoms with E-state index in [1.54, 1.807) is 24.3 Å². The van der Waals surface area contributed by atoms with Gasteiger partial charge in [-0.3, -0.25) is 9.59 Å². The highest BCUT2D eigenvalue weighted by molar-refractivity contribution is 8.00. The number of thioether (sulfide) groups is 1. The number of carbonyl (C=O) groups excluding carboxylic acids is 2. The van der Waals surface area contributed by atoms with Gasteiger partial charge in [-0.2, -0.15) is 0 Å². The molecule has 0 bridgehead atoms. The number of hydrogen-bond donors (Lipinski definition) is 1. The highest BCUT2D eigenvalue weighted by Gasteiger charge is 2.39. The fourth-order valence-electron chi connectivity index (χ4n) is 3.34. The highest BCUT2D eigenvalue weighted by Crippen LogP contribution is 2.31. The largest absolute Gasteiger partial charge is 0.494 e. The van der Waals surface area contributed by atoms with Crippen LogP contribution in [-0.4, -0.2) is 39.4 Å². The first kappa shape index (κ1) is 19.5. The second kappa shape index (κ2) is 8.69. The lowest BCUT2D eigenvalue weighted by Crippen LogP contribution is -2.31. The summed E-state index contributed by atoms with van der Waals surface area (Å²) < 4.78 is 5.56. The minimum absolute atomic E-state index is 0.146. The molecular formula is C22H23N3O3S. The number of amides is 2. The van der Waals surface area contributed by atoms with Gasteiger partial charge in [-0.1, -0.05) is 19.1 Å². The summed E-state index contributed by atoms with van der Waals surface area (Å²) in [6, 6.07) is 15.0. The standard InChI is InChI=1S/C22H23N3O3S/c1-2-12-28-16-9-7-15(8-10-16)25-21(26)14-19(22(25)27)29-13-11-20-23-17-5-3-4-6-18(17)24-20/h3-10,19H,2,11-14H2,1H3,(H,23,24)/t19-/m1/s1. The van der Waals surface area contributed by atoms with E-state index < -0.39 is 0 Å². The smallest absolute Gasteiger partial charge is 0.247 e. The summed E-state index contributed by atoms with van der Waals surface area (Å²) in [5, 5.41) is -0.345. The van der Waals surface area contributed by atoms with E-state index in [2.05, 4.69) is 9.97 Å². The summed E-state index contributed by atoms with van der Waals surface area (Å²) in [6.45, 7) is 2.69. The Morgan fingerprint density at radius 1 is 1.17 bits per heavy atom. The Balaban J connectivity index is 1.35. The van der Waals surface area contributed by atoms with Crippen LogP contribution in [0, 0.1) is 0 Å². The fourth-order valence-corrected chi connectivity index (χ4v) is 4.44. The first-order valence-electron chi connectivity index (χ1n) is 9.80. The molecule has 3 aromatic rings. The maximum Gasteiger partial charge on any atom is 0.247 e. The van der Waals surface area contributed by atoms with Crippen molar-refractivity contribution in [2.45, 2.75) is 31.4 Å². The summed E-state index contributed by atoms with van der Waals surface area (Å²) >= 11 is 1.52. The molecule has 1 N–H and O–H groups in total. The Hall–Kier alpha value is -2.80. The molecule has 2 amide bonds. The van der Waals surface area contributed by atoms with Crippen molar-refractivity contribution in [2.75, 3.05) is 17.3 Å².